The fourth-order valence-electron chi connectivity index (χ4n) is 7.33. The molecule has 3 heterocycles. The van der Waals surface area contributed by atoms with E-state index in [1.165, 1.54) is 38.5 Å². The lowest BCUT2D eigenvalue weighted by Crippen LogP contribution is -2.12. The molecule has 0 unspecified atom stereocenters. The van der Waals surface area contributed by atoms with E-state index in [4.69, 9.17) is 9.97 Å². The van der Waals surface area contributed by atoms with Crippen LogP contribution in [0.3, 0.4) is 0 Å². The molecule has 0 radical (unpaired) electrons. The lowest BCUT2D eigenvalue weighted by atomic mass is 9.97. The van der Waals surface area contributed by atoms with Crippen molar-refractivity contribution in [3.63, 3.8) is 0 Å². The number of benzene rings is 7. The van der Waals surface area contributed by atoms with Gasteiger partial charge < -0.3 is 0 Å². The molecule has 0 aliphatic carbocycles. The van der Waals surface area contributed by atoms with Gasteiger partial charge in [-0.2, -0.15) is 0 Å². The molecular weight excluding hydrogens is 609 g/mol. The molecule has 0 bridgehead atoms. The third-order valence-corrected chi connectivity index (χ3v) is 9.71. The third kappa shape index (κ3) is 4.61. The van der Waals surface area contributed by atoms with Gasteiger partial charge in [-0.3, -0.25) is 9.47 Å². The molecule has 0 fully saturated rings. The zero-order chi connectivity index (χ0) is 33.0. The maximum atomic E-state index is 5.08. The molecular formula is C46H30N4. The predicted molar refractivity (Wildman–Crippen MR) is 206 cm³/mol. The van der Waals surface area contributed by atoms with E-state index in [0.717, 1.165) is 45.3 Å². The lowest BCUT2D eigenvalue weighted by Gasteiger charge is -2.26. The van der Waals surface area contributed by atoms with Crippen LogP contribution in [0.15, 0.2) is 182 Å². The number of para-hydroxylation sites is 2. The van der Waals surface area contributed by atoms with Gasteiger partial charge in [-0.05, 0) is 59.3 Å². The van der Waals surface area contributed by atoms with Crippen LogP contribution in [0.1, 0.15) is 0 Å². The first-order valence-corrected chi connectivity index (χ1v) is 16.9. The number of fused-ring (bicyclic) bond motifs is 8. The number of aromatic nitrogens is 3. The van der Waals surface area contributed by atoms with Crippen molar-refractivity contribution in [3.05, 3.63) is 182 Å². The van der Waals surface area contributed by atoms with Crippen molar-refractivity contribution in [2.75, 3.05) is 4.90 Å². The van der Waals surface area contributed by atoms with E-state index in [0.29, 0.717) is 5.82 Å². The molecule has 0 spiro atoms. The first-order chi connectivity index (χ1) is 24.8. The molecule has 50 heavy (non-hydrogen) atoms. The Morgan fingerprint density at radius 3 is 1.70 bits per heavy atom. The highest BCUT2D eigenvalue weighted by atomic mass is 15.3. The van der Waals surface area contributed by atoms with Crippen LogP contribution in [0.4, 0.5) is 17.2 Å². The summed E-state index contributed by atoms with van der Waals surface area (Å²) in [5.41, 5.74) is 11.8. The number of anilines is 3. The molecule has 2 aromatic heterocycles. The van der Waals surface area contributed by atoms with Gasteiger partial charge in [-0.25, -0.2) is 9.97 Å². The summed E-state index contributed by atoms with van der Waals surface area (Å²) in [6, 6.07) is 64.5. The van der Waals surface area contributed by atoms with Crippen LogP contribution in [0, 0.1) is 0 Å². The molecule has 234 valence electrons. The molecule has 0 atom stereocenters. The van der Waals surface area contributed by atoms with Crippen LogP contribution in [0.25, 0.3) is 72.4 Å². The summed E-state index contributed by atoms with van der Waals surface area (Å²) >= 11 is 0. The zero-order valence-electron chi connectivity index (χ0n) is 27.1. The van der Waals surface area contributed by atoms with Gasteiger partial charge in [0.15, 0.2) is 5.82 Å². The van der Waals surface area contributed by atoms with Gasteiger partial charge in [0.2, 0.25) is 0 Å². The third-order valence-electron chi connectivity index (χ3n) is 9.71. The summed E-state index contributed by atoms with van der Waals surface area (Å²) in [6.07, 6.45) is 0. The van der Waals surface area contributed by atoms with Gasteiger partial charge in [0.05, 0.1) is 28.3 Å². The molecule has 0 saturated carbocycles. The average Bonchev–Trinajstić information content (AvgIpc) is 3.52. The average molecular weight is 639 g/mol. The van der Waals surface area contributed by atoms with Crippen molar-refractivity contribution >= 4 is 38.9 Å². The van der Waals surface area contributed by atoms with Gasteiger partial charge in [0.1, 0.15) is 5.82 Å². The minimum absolute atomic E-state index is 0.710. The van der Waals surface area contributed by atoms with Crippen LogP contribution < -0.4 is 4.90 Å². The molecule has 1 aliphatic heterocycles. The molecule has 0 amide bonds. The maximum Gasteiger partial charge on any atom is 0.160 e. The van der Waals surface area contributed by atoms with Crippen molar-refractivity contribution in [1.82, 2.24) is 14.5 Å². The van der Waals surface area contributed by atoms with Crippen molar-refractivity contribution in [2.24, 2.45) is 0 Å². The number of hydrogen-bond donors (Lipinski definition) is 0. The minimum atomic E-state index is 0.710. The van der Waals surface area contributed by atoms with Gasteiger partial charge in [0.25, 0.3) is 0 Å². The van der Waals surface area contributed by atoms with Gasteiger partial charge in [-0.15, -0.1) is 0 Å². The summed E-state index contributed by atoms with van der Waals surface area (Å²) in [6.45, 7) is 0. The number of rotatable bonds is 4. The highest BCUT2D eigenvalue weighted by Crippen LogP contribution is 2.49. The smallest absolute Gasteiger partial charge is 0.160 e. The van der Waals surface area contributed by atoms with E-state index in [-0.39, 0.29) is 0 Å². The van der Waals surface area contributed by atoms with Crippen molar-refractivity contribution < 1.29 is 0 Å². The molecule has 7 aromatic carbocycles. The zero-order valence-corrected chi connectivity index (χ0v) is 27.1. The first-order valence-electron chi connectivity index (χ1n) is 16.9. The molecule has 0 saturated heterocycles. The van der Waals surface area contributed by atoms with E-state index in [1.807, 2.05) is 36.4 Å². The van der Waals surface area contributed by atoms with Crippen LogP contribution >= 0.6 is 0 Å². The topological polar surface area (TPSA) is 34.0 Å². The second kappa shape index (κ2) is 11.4. The highest BCUT2D eigenvalue weighted by Gasteiger charge is 2.28. The van der Waals surface area contributed by atoms with Crippen molar-refractivity contribution in [1.29, 1.82) is 0 Å². The highest BCUT2D eigenvalue weighted by molar-refractivity contribution is 6.02. The van der Waals surface area contributed by atoms with Gasteiger partial charge in [-0.1, -0.05) is 133 Å². The van der Waals surface area contributed by atoms with E-state index in [1.54, 1.807) is 0 Å². The Labute approximate surface area is 290 Å². The largest absolute Gasteiger partial charge is 0.295 e. The van der Waals surface area contributed by atoms with Crippen molar-refractivity contribution in [3.8, 4) is 50.7 Å². The Hall–Kier alpha value is -6.78. The summed E-state index contributed by atoms with van der Waals surface area (Å²) in [5, 5.41) is 3.65. The predicted octanol–water partition coefficient (Wildman–Crippen LogP) is 12.0. The quantitative estimate of drug-likeness (QED) is 0.192. The van der Waals surface area contributed by atoms with Crippen molar-refractivity contribution in [2.45, 2.75) is 0 Å². The minimum Gasteiger partial charge on any atom is -0.295 e. The maximum absolute atomic E-state index is 5.08. The summed E-state index contributed by atoms with van der Waals surface area (Å²) in [5.74, 6) is 1.81. The van der Waals surface area contributed by atoms with E-state index in [9.17, 15) is 0 Å². The second-order valence-corrected chi connectivity index (χ2v) is 12.7. The fourth-order valence-corrected chi connectivity index (χ4v) is 7.33. The van der Waals surface area contributed by atoms with Gasteiger partial charge in [0, 0.05) is 38.9 Å². The molecule has 1 aliphatic rings. The molecule has 10 rings (SSSR count). The van der Waals surface area contributed by atoms with E-state index in [2.05, 4.69) is 155 Å². The molecule has 0 N–H and O–H groups in total. The van der Waals surface area contributed by atoms with E-state index >= 15 is 0 Å². The monoisotopic (exact) mass is 638 g/mol. The Kier molecular flexibility index (Phi) is 6.46. The summed E-state index contributed by atoms with van der Waals surface area (Å²) in [4.78, 5) is 12.5. The SMILES string of the molecule is c1ccc(-c2cc(-c3ccc(N4c5ccccc5-c5cc6ccccc6cc5-n5c4cc4ccccc45)cc3)nc(-c3ccccc3)n2)cc1. The lowest BCUT2D eigenvalue weighted by molar-refractivity contribution is 1.09. The Balaban J connectivity index is 1.16. The number of hydrogen-bond acceptors (Lipinski definition) is 3. The molecule has 4 heteroatoms. The summed E-state index contributed by atoms with van der Waals surface area (Å²) in [7, 11) is 0. The first kappa shape index (κ1) is 28.3. The van der Waals surface area contributed by atoms with Crippen LogP contribution in [0.5, 0.6) is 0 Å². The standard InChI is InChI=1S/C46H30N4/c1-3-13-31(14-4-1)40-30-41(48-46(47-40)33-15-5-2-6-16-33)32-23-25-37(26-24-32)49-43-22-12-10-20-38(43)39-27-34-17-7-8-18-35(34)28-44(39)50-42-21-11-9-19-36(42)29-45(49)50/h1-30H. The summed E-state index contributed by atoms with van der Waals surface area (Å²) < 4.78 is 2.42. The van der Waals surface area contributed by atoms with Gasteiger partial charge >= 0.3 is 0 Å². The van der Waals surface area contributed by atoms with Crippen LogP contribution in [-0.2, 0) is 0 Å². The molecule has 9 aromatic rings. The molecule has 4 nitrogen and oxygen atoms in total. The fraction of sp³-hybridized carbons (Fsp3) is 0. The Morgan fingerprint density at radius 1 is 0.380 bits per heavy atom. The number of nitrogens with zero attached hydrogens (tertiary/aromatic N) is 4. The van der Waals surface area contributed by atoms with Crippen LogP contribution in [-0.4, -0.2) is 14.5 Å². The van der Waals surface area contributed by atoms with E-state index < -0.39 is 0 Å². The Morgan fingerprint density at radius 2 is 0.960 bits per heavy atom. The van der Waals surface area contributed by atoms with Crippen LogP contribution in [0.2, 0.25) is 0 Å². The Bertz CT molecular complexity index is 2640. The second-order valence-electron chi connectivity index (χ2n) is 12.7. The normalized spacial score (nSPS) is 12.0.